The van der Waals surface area contributed by atoms with Gasteiger partial charge in [0.2, 0.25) is 0 Å². The number of halogens is 1. The van der Waals surface area contributed by atoms with Gasteiger partial charge in [-0.15, -0.1) is 0 Å². The number of ether oxygens (including phenoxy) is 1. The molecule has 0 heterocycles. The number of fused-ring (bicyclic) bond motifs is 1. The standard InChI is InChI=1S/C15H15ClO4/c1-2-20-15(19)14(18)13(17)10-7-3-5-9-6-4-8-11(16)12(9)10/h3-8,13-14,17-18H,2H2,1H3. The number of rotatable bonds is 4. The number of hydrogen-bond acceptors (Lipinski definition) is 4. The van der Waals surface area contributed by atoms with Crippen LogP contribution in [0.3, 0.4) is 0 Å². The number of aliphatic hydroxyl groups excluding tert-OH is 2. The molecule has 0 saturated carbocycles. The van der Waals surface area contributed by atoms with Crippen molar-refractivity contribution < 1.29 is 19.7 Å². The fourth-order valence-corrected chi connectivity index (χ4v) is 2.39. The van der Waals surface area contributed by atoms with Gasteiger partial charge in [-0.25, -0.2) is 4.79 Å². The van der Waals surface area contributed by atoms with Crippen molar-refractivity contribution >= 4 is 28.3 Å². The van der Waals surface area contributed by atoms with Crippen molar-refractivity contribution in [3.63, 3.8) is 0 Å². The van der Waals surface area contributed by atoms with Crippen LogP contribution >= 0.6 is 11.6 Å². The second-order valence-electron chi connectivity index (χ2n) is 4.33. The van der Waals surface area contributed by atoms with Crippen molar-refractivity contribution in [2.75, 3.05) is 6.61 Å². The van der Waals surface area contributed by atoms with Gasteiger partial charge in [0.05, 0.1) is 6.61 Å². The predicted octanol–water partition coefficient (Wildman–Crippen LogP) is 2.45. The Balaban J connectivity index is 2.44. The zero-order valence-corrected chi connectivity index (χ0v) is 11.7. The van der Waals surface area contributed by atoms with Gasteiger partial charge in [-0.3, -0.25) is 0 Å². The van der Waals surface area contributed by atoms with E-state index in [2.05, 4.69) is 0 Å². The first-order valence-electron chi connectivity index (χ1n) is 6.26. The van der Waals surface area contributed by atoms with Crippen molar-refractivity contribution in [3.05, 3.63) is 47.0 Å². The second-order valence-corrected chi connectivity index (χ2v) is 4.73. The summed E-state index contributed by atoms with van der Waals surface area (Å²) in [5.74, 6) is -0.857. The highest BCUT2D eigenvalue weighted by molar-refractivity contribution is 6.35. The number of benzene rings is 2. The maximum Gasteiger partial charge on any atom is 0.338 e. The van der Waals surface area contributed by atoms with E-state index in [0.717, 1.165) is 5.39 Å². The molecule has 2 unspecified atom stereocenters. The third-order valence-electron chi connectivity index (χ3n) is 3.03. The lowest BCUT2D eigenvalue weighted by molar-refractivity contribution is -0.159. The Morgan fingerprint density at radius 1 is 1.25 bits per heavy atom. The molecule has 0 spiro atoms. The Bertz CT molecular complexity index is 621. The van der Waals surface area contributed by atoms with Gasteiger partial charge in [0.25, 0.3) is 0 Å². The zero-order chi connectivity index (χ0) is 14.7. The highest BCUT2D eigenvalue weighted by Crippen LogP contribution is 2.32. The average Bonchev–Trinajstić information content (AvgIpc) is 2.45. The minimum Gasteiger partial charge on any atom is -0.464 e. The molecule has 0 radical (unpaired) electrons. The van der Waals surface area contributed by atoms with Crippen LogP contribution < -0.4 is 0 Å². The summed E-state index contributed by atoms with van der Waals surface area (Å²) in [6.45, 7) is 1.77. The minimum atomic E-state index is -1.64. The lowest BCUT2D eigenvalue weighted by Crippen LogP contribution is -2.30. The molecule has 0 fully saturated rings. The molecule has 2 aromatic rings. The highest BCUT2D eigenvalue weighted by Gasteiger charge is 2.28. The van der Waals surface area contributed by atoms with Crippen molar-refractivity contribution in [3.8, 4) is 0 Å². The molecule has 5 heteroatoms. The average molecular weight is 295 g/mol. The minimum absolute atomic E-state index is 0.138. The number of carbonyl (C=O) groups excluding carboxylic acids is 1. The van der Waals surface area contributed by atoms with Gasteiger partial charge in [-0.2, -0.15) is 0 Å². The Hall–Kier alpha value is -1.62. The molecule has 2 N–H and O–H groups in total. The monoisotopic (exact) mass is 294 g/mol. The molecular weight excluding hydrogens is 280 g/mol. The van der Waals surface area contributed by atoms with E-state index in [1.165, 1.54) is 0 Å². The third kappa shape index (κ3) is 2.77. The molecular formula is C15H15ClO4. The van der Waals surface area contributed by atoms with E-state index in [1.807, 2.05) is 12.1 Å². The van der Waals surface area contributed by atoms with Gasteiger partial charge >= 0.3 is 5.97 Å². The van der Waals surface area contributed by atoms with Gasteiger partial charge < -0.3 is 14.9 Å². The summed E-state index contributed by atoms with van der Waals surface area (Å²) in [5, 5.41) is 21.9. The van der Waals surface area contributed by atoms with Crippen LogP contribution in [0.4, 0.5) is 0 Å². The highest BCUT2D eigenvalue weighted by atomic mass is 35.5. The molecule has 20 heavy (non-hydrogen) atoms. The number of aliphatic hydroxyl groups is 2. The van der Waals surface area contributed by atoms with Crippen LogP contribution in [0.1, 0.15) is 18.6 Å². The normalized spacial score (nSPS) is 14.0. The van der Waals surface area contributed by atoms with Crippen molar-refractivity contribution in [2.24, 2.45) is 0 Å². The Morgan fingerprint density at radius 3 is 2.55 bits per heavy atom. The fraction of sp³-hybridized carbons (Fsp3) is 0.267. The van der Waals surface area contributed by atoms with Crippen LogP contribution in [-0.2, 0) is 9.53 Å². The number of hydrogen-bond donors (Lipinski definition) is 2. The zero-order valence-electron chi connectivity index (χ0n) is 10.9. The SMILES string of the molecule is CCOC(=O)C(O)C(O)c1cccc2cccc(Cl)c12. The molecule has 2 atom stereocenters. The van der Waals surface area contributed by atoms with Crippen LogP contribution in [0.2, 0.25) is 5.02 Å². The van der Waals surface area contributed by atoms with Crippen LogP contribution in [0, 0.1) is 0 Å². The molecule has 0 aliphatic heterocycles. The Labute approximate surface area is 121 Å². The molecule has 0 bridgehead atoms. The van der Waals surface area contributed by atoms with E-state index in [0.29, 0.717) is 16.0 Å². The smallest absolute Gasteiger partial charge is 0.338 e. The topological polar surface area (TPSA) is 66.8 Å². The second kappa shape index (κ2) is 6.22. The lowest BCUT2D eigenvalue weighted by atomic mass is 9.97. The van der Waals surface area contributed by atoms with Crippen molar-refractivity contribution in [1.29, 1.82) is 0 Å². The maximum atomic E-state index is 11.5. The van der Waals surface area contributed by atoms with E-state index in [-0.39, 0.29) is 6.61 Å². The molecule has 106 valence electrons. The molecule has 0 amide bonds. The number of esters is 1. The summed E-state index contributed by atoms with van der Waals surface area (Å²) in [6, 6.07) is 10.5. The molecule has 0 saturated heterocycles. The third-order valence-corrected chi connectivity index (χ3v) is 3.35. The predicted molar refractivity (Wildman–Crippen MR) is 76.6 cm³/mol. The summed E-state index contributed by atoms with van der Waals surface area (Å²) in [5.41, 5.74) is 0.397. The molecule has 0 aliphatic carbocycles. The first-order valence-corrected chi connectivity index (χ1v) is 6.64. The van der Waals surface area contributed by atoms with Crippen molar-refractivity contribution in [2.45, 2.75) is 19.1 Å². The van der Waals surface area contributed by atoms with Crippen LogP contribution in [0.15, 0.2) is 36.4 Å². The van der Waals surface area contributed by atoms with E-state index < -0.39 is 18.2 Å². The molecule has 2 aromatic carbocycles. The first-order chi connectivity index (χ1) is 9.56. The van der Waals surface area contributed by atoms with Gasteiger partial charge in [-0.1, -0.05) is 41.9 Å². The summed E-state index contributed by atoms with van der Waals surface area (Å²) in [7, 11) is 0. The van der Waals surface area contributed by atoms with Gasteiger partial charge in [-0.05, 0) is 23.9 Å². The fourth-order valence-electron chi connectivity index (χ4n) is 2.10. The number of carbonyl (C=O) groups is 1. The van der Waals surface area contributed by atoms with E-state index in [1.54, 1.807) is 31.2 Å². The largest absolute Gasteiger partial charge is 0.464 e. The van der Waals surface area contributed by atoms with Crippen LogP contribution in [-0.4, -0.2) is 28.9 Å². The van der Waals surface area contributed by atoms with Gasteiger partial charge in [0, 0.05) is 10.4 Å². The van der Waals surface area contributed by atoms with Gasteiger partial charge in [0.15, 0.2) is 6.10 Å². The Kier molecular flexibility index (Phi) is 4.60. The van der Waals surface area contributed by atoms with E-state index >= 15 is 0 Å². The maximum absolute atomic E-state index is 11.5. The van der Waals surface area contributed by atoms with Crippen LogP contribution in [0.25, 0.3) is 10.8 Å². The van der Waals surface area contributed by atoms with Crippen LogP contribution in [0.5, 0.6) is 0 Å². The van der Waals surface area contributed by atoms with E-state index in [4.69, 9.17) is 16.3 Å². The quantitative estimate of drug-likeness (QED) is 0.850. The van der Waals surface area contributed by atoms with Crippen molar-refractivity contribution in [1.82, 2.24) is 0 Å². The van der Waals surface area contributed by atoms with Gasteiger partial charge in [0.1, 0.15) is 6.10 Å². The molecule has 4 nitrogen and oxygen atoms in total. The lowest BCUT2D eigenvalue weighted by Gasteiger charge is -2.19. The first kappa shape index (κ1) is 14.8. The molecule has 0 aliphatic rings. The molecule has 0 aromatic heterocycles. The Morgan fingerprint density at radius 2 is 1.90 bits per heavy atom. The van der Waals surface area contributed by atoms with E-state index in [9.17, 15) is 15.0 Å². The summed E-state index contributed by atoms with van der Waals surface area (Å²) < 4.78 is 4.71. The summed E-state index contributed by atoms with van der Waals surface area (Å²) >= 11 is 6.14. The summed E-state index contributed by atoms with van der Waals surface area (Å²) in [4.78, 5) is 11.5. The molecule has 2 rings (SSSR count). The summed E-state index contributed by atoms with van der Waals surface area (Å²) in [6.07, 6.45) is -3.03.